The number of anilines is 1. The molecule has 0 unspecified atom stereocenters. The maximum absolute atomic E-state index is 6.11. The highest BCUT2D eigenvalue weighted by atomic mass is 32.1. The highest BCUT2D eigenvalue weighted by Crippen LogP contribution is 2.47. The van der Waals surface area contributed by atoms with E-state index < -0.39 is 0 Å². The summed E-state index contributed by atoms with van der Waals surface area (Å²) in [4.78, 5) is 4.68. The number of nitrogens with two attached hydrogens (primary N) is 1. The second kappa shape index (κ2) is 4.74. The normalized spacial score (nSPS) is 14.4. The fourth-order valence-electron chi connectivity index (χ4n) is 2.12. The zero-order chi connectivity index (χ0) is 13.4. The molecule has 1 aromatic carbocycles. The van der Waals surface area contributed by atoms with Gasteiger partial charge in [-0.05, 0) is 25.0 Å². The molecule has 4 nitrogen and oxygen atoms in total. The van der Waals surface area contributed by atoms with Gasteiger partial charge >= 0.3 is 0 Å². The molecule has 0 atom stereocenters. The summed E-state index contributed by atoms with van der Waals surface area (Å²) in [5.41, 5.74) is 7.81. The van der Waals surface area contributed by atoms with Crippen LogP contribution in [0.5, 0.6) is 11.5 Å². The van der Waals surface area contributed by atoms with Crippen molar-refractivity contribution in [2.24, 2.45) is 0 Å². The van der Waals surface area contributed by atoms with Gasteiger partial charge in [0.15, 0.2) is 11.5 Å². The number of nitrogen functional groups attached to an aromatic ring is 1. The number of methoxy groups -OCH3 is 2. The molecule has 2 aromatic rings. The maximum Gasteiger partial charge on any atom is 0.170 e. The molecule has 1 saturated carbocycles. The fraction of sp³-hybridized carbons (Fsp3) is 0.357. The Morgan fingerprint density at radius 1 is 1.26 bits per heavy atom. The number of thiazole rings is 1. The first-order valence-corrected chi connectivity index (χ1v) is 7.03. The molecule has 3 rings (SSSR count). The highest BCUT2D eigenvalue weighted by molar-refractivity contribution is 7.16. The number of hydrogen-bond donors (Lipinski definition) is 1. The van der Waals surface area contributed by atoms with Crippen molar-refractivity contribution >= 4 is 16.3 Å². The molecule has 0 bridgehead atoms. The minimum Gasteiger partial charge on any atom is -0.493 e. The summed E-state index contributed by atoms with van der Waals surface area (Å²) < 4.78 is 10.8. The van der Waals surface area contributed by atoms with Gasteiger partial charge < -0.3 is 15.2 Å². The average molecular weight is 276 g/mol. The quantitative estimate of drug-likeness (QED) is 0.931. The lowest BCUT2D eigenvalue weighted by Gasteiger charge is -2.11. The molecule has 0 radical (unpaired) electrons. The molecule has 1 aromatic heterocycles. The van der Waals surface area contributed by atoms with Crippen LogP contribution in [0.25, 0.3) is 11.3 Å². The fourth-order valence-corrected chi connectivity index (χ4v) is 3.14. The summed E-state index contributed by atoms with van der Waals surface area (Å²) in [6.07, 6.45) is 2.45. The molecule has 0 spiro atoms. The van der Waals surface area contributed by atoms with Gasteiger partial charge in [-0.2, -0.15) is 0 Å². The van der Waals surface area contributed by atoms with Gasteiger partial charge in [0.2, 0.25) is 0 Å². The van der Waals surface area contributed by atoms with Crippen LogP contribution in [0.1, 0.15) is 23.8 Å². The van der Waals surface area contributed by atoms with Crippen LogP contribution >= 0.6 is 11.3 Å². The molecule has 0 aliphatic heterocycles. The van der Waals surface area contributed by atoms with Crippen LogP contribution in [0, 0.1) is 0 Å². The van der Waals surface area contributed by atoms with E-state index in [1.165, 1.54) is 12.8 Å². The Balaban J connectivity index is 2.10. The lowest BCUT2D eigenvalue weighted by molar-refractivity contribution is 0.356. The van der Waals surface area contributed by atoms with Gasteiger partial charge in [0.05, 0.1) is 19.2 Å². The van der Waals surface area contributed by atoms with Crippen LogP contribution in [-0.2, 0) is 0 Å². The van der Waals surface area contributed by atoms with Crippen molar-refractivity contribution in [3.8, 4) is 22.8 Å². The van der Waals surface area contributed by atoms with E-state index in [-0.39, 0.29) is 0 Å². The number of ether oxygens (including phenoxy) is 2. The zero-order valence-corrected chi connectivity index (χ0v) is 11.8. The summed E-state index contributed by atoms with van der Waals surface area (Å²) in [5, 5.41) is 1.88. The smallest absolute Gasteiger partial charge is 0.170 e. The predicted molar refractivity (Wildman–Crippen MR) is 77.0 cm³/mol. The Labute approximate surface area is 116 Å². The molecule has 1 aliphatic rings. The second-order valence-corrected chi connectivity index (χ2v) is 5.64. The van der Waals surface area contributed by atoms with Crippen LogP contribution < -0.4 is 15.2 Å². The summed E-state index contributed by atoms with van der Waals surface area (Å²) >= 11 is 1.58. The summed E-state index contributed by atoms with van der Waals surface area (Å²) in [6.45, 7) is 0. The molecule has 5 heteroatoms. The van der Waals surface area contributed by atoms with Crippen molar-refractivity contribution in [2.45, 2.75) is 18.8 Å². The average Bonchev–Trinajstić information content (AvgIpc) is 3.21. The van der Waals surface area contributed by atoms with Crippen molar-refractivity contribution in [2.75, 3.05) is 20.0 Å². The molecular formula is C14H16N2O2S. The van der Waals surface area contributed by atoms with Gasteiger partial charge in [0.25, 0.3) is 0 Å². The number of rotatable bonds is 4. The lowest BCUT2D eigenvalue weighted by Crippen LogP contribution is -1.95. The Morgan fingerprint density at radius 2 is 2.05 bits per heavy atom. The van der Waals surface area contributed by atoms with Gasteiger partial charge in [-0.3, -0.25) is 0 Å². The maximum atomic E-state index is 6.11. The summed E-state index contributed by atoms with van der Waals surface area (Å²) in [6, 6.07) is 5.75. The Morgan fingerprint density at radius 3 is 2.68 bits per heavy atom. The lowest BCUT2D eigenvalue weighted by atomic mass is 10.1. The molecule has 19 heavy (non-hydrogen) atoms. The van der Waals surface area contributed by atoms with E-state index >= 15 is 0 Å². The van der Waals surface area contributed by atoms with Gasteiger partial charge in [0, 0.05) is 11.5 Å². The van der Waals surface area contributed by atoms with E-state index in [1.807, 2.05) is 18.2 Å². The molecule has 100 valence electrons. The number of hydrogen-bond acceptors (Lipinski definition) is 5. The first-order valence-electron chi connectivity index (χ1n) is 6.22. The van der Waals surface area contributed by atoms with Crippen LogP contribution in [0.4, 0.5) is 5.00 Å². The van der Waals surface area contributed by atoms with Gasteiger partial charge in [-0.25, -0.2) is 4.98 Å². The predicted octanol–water partition coefficient (Wildman–Crippen LogP) is 3.29. The number of aromatic nitrogens is 1. The van der Waals surface area contributed by atoms with E-state index in [0.29, 0.717) is 17.4 Å². The third-order valence-electron chi connectivity index (χ3n) is 3.25. The van der Waals surface area contributed by atoms with E-state index in [9.17, 15) is 0 Å². The monoisotopic (exact) mass is 276 g/mol. The minimum absolute atomic E-state index is 0.609. The molecule has 1 aliphatic carbocycles. The minimum atomic E-state index is 0.609. The molecular weight excluding hydrogens is 260 g/mol. The van der Waals surface area contributed by atoms with E-state index in [2.05, 4.69) is 4.98 Å². The number of nitrogens with zero attached hydrogens (tertiary/aromatic N) is 1. The molecule has 0 amide bonds. The molecule has 1 heterocycles. The third-order valence-corrected chi connectivity index (χ3v) is 4.30. The molecule has 2 N–H and O–H groups in total. The van der Waals surface area contributed by atoms with E-state index in [1.54, 1.807) is 25.6 Å². The van der Waals surface area contributed by atoms with Gasteiger partial charge in [-0.15, -0.1) is 11.3 Å². The Bertz CT molecular complexity index is 605. The summed E-state index contributed by atoms with van der Waals surface area (Å²) in [5.74, 6) is 1.99. The van der Waals surface area contributed by atoms with E-state index in [4.69, 9.17) is 15.2 Å². The topological polar surface area (TPSA) is 57.4 Å². The van der Waals surface area contributed by atoms with Crippen molar-refractivity contribution in [1.82, 2.24) is 4.98 Å². The van der Waals surface area contributed by atoms with Crippen LogP contribution in [-0.4, -0.2) is 19.2 Å². The number of benzene rings is 1. The standard InChI is InChI=1S/C14H16N2O2S/c1-17-10-5-3-4-9(12(10)18-2)11-13(15)19-14(16-11)8-6-7-8/h3-5,8H,6-7,15H2,1-2H3. The van der Waals surface area contributed by atoms with Gasteiger partial charge in [-0.1, -0.05) is 6.07 Å². The summed E-state index contributed by atoms with van der Waals surface area (Å²) in [7, 11) is 3.26. The Kier molecular flexibility index (Phi) is 3.06. The van der Waals surface area contributed by atoms with Gasteiger partial charge in [0.1, 0.15) is 10.7 Å². The third kappa shape index (κ3) is 2.14. The molecule has 1 fully saturated rings. The van der Waals surface area contributed by atoms with Crippen molar-refractivity contribution in [1.29, 1.82) is 0 Å². The van der Waals surface area contributed by atoms with Crippen molar-refractivity contribution < 1.29 is 9.47 Å². The molecule has 0 saturated heterocycles. The van der Waals surface area contributed by atoms with Crippen molar-refractivity contribution in [3.63, 3.8) is 0 Å². The zero-order valence-electron chi connectivity index (χ0n) is 11.0. The number of para-hydroxylation sites is 1. The van der Waals surface area contributed by atoms with Crippen LogP contribution in [0.15, 0.2) is 18.2 Å². The Hall–Kier alpha value is -1.75. The van der Waals surface area contributed by atoms with Crippen molar-refractivity contribution in [3.05, 3.63) is 23.2 Å². The van der Waals surface area contributed by atoms with E-state index in [0.717, 1.165) is 21.3 Å². The first kappa shape index (κ1) is 12.3. The van der Waals surface area contributed by atoms with Crippen LogP contribution in [0.3, 0.4) is 0 Å². The SMILES string of the molecule is COc1cccc(-c2nc(C3CC3)sc2N)c1OC. The first-order chi connectivity index (χ1) is 9.24. The largest absolute Gasteiger partial charge is 0.493 e. The highest BCUT2D eigenvalue weighted by Gasteiger charge is 2.29. The second-order valence-electron chi connectivity index (χ2n) is 4.58. The van der Waals surface area contributed by atoms with Crippen LogP contribution in [0.2, 0.25) is 0 Å².